The molecule has 13 heavy (non-hydrogen) atoms. The van der Waals surface area contributed by atoms with E-state index in [4.69, 9.17) is 10.00 Å². The van der Waals surface area contributed by atoms with Gasteiger partial charge in [-0.25, -0.2) is 8.78 Å². The molecule has 74 valence electrons. The molecule has 0 unspecified atom stereocenters. The normalized spacial score (nSPS) is 23.7. The van der Waals surface area contributed by atoms with Crippen molar-refractivity contribution in [2.45, 2.75) is 38.7 Å². The van der Waals surface area contributed by atoms with Crippen LogP contribution >= 0.6 is 0 Å². The standard InChI is InChI=1S/C9H13F2NO/c1-7(2)13-6-8(5-12)3-9(10,11)4-8/h7H,3-4,6H2,1-2H3. The van der Waals surface area contributed by atoms with Crippen LogP contribution in [0.5, 0.6) is 0 Å². The van der Waals surface area contributed by atoms with Crippen molar-refractivity contribution in [2.75, 3.05) is 6.61 Å². The lowest BCUT2D eigenvalue weighted by molar-refractivity contribution is -0.163. The van der Waals surface area contributed by atoms with E-state index in [-0.39, 0.29) is 25.6 Å². The molecule has 1 saturated carbocycles. The molecule has 0 aliphatic heterocycles. The highest BCUT2D eigenvalue weighted by Crippen LogP contribution is 2.51. The molecule has 0 aromatic carbocycles. The number of alkyl halides is 2. The number of ether oxygens (including phenoxy) is 1. The average Bonchev–Trinajstić information content (AvgIpc) is 1.96. The SMILES string of the molecule is CC(C)OCC1(C#N)CC(F)(F)C1. The molecule has 0 radical (unpaired) electrons. The van der Waals surface area contributed by atoms with E-state index in [0.29, 0.717) is 0 Å². The van der Waals surface area contributed by atoms with E-state index in [1.54, 1.807) is 0 Å². The van der Waals surface area contributed by atoms with E-state index >= 15 is 0 Å². The van der Waals surface area contributed by atoms with Gasteiger partial charge in [-0.15, -0.1) is 0 Å². The fourth-order valence-electron chi connectivity index (χ4n) is 1.48. The fourth-order valence-corrected chi connectivity index (χ4v) is 1.48. The molecule has 1 fully saturated rings. The molecule has 0 spiro atoms. The van der Waals surface area contributed by atoms with Gasteiger partial charge in [-0.3, -0.25) is 0 Å². The predicted octanol–water partition coefficient (Wildman–Crippen LogP) is 2.35. The zero-order valence-corrected chi connectivity index (χ0v) is 7.81. The first-order chi connectivity index (χ1) is 5.89. The van der Waals surface area contributed by atoms with Gasteiger partial charge in [0, 0.05) is 12.8 Å². The van der Waals surface area contributed by atoms with E-state index < -0.39 is 11.3 Å². The van der Waals surface area contributed by atoms with Crippen LogP contribution in [0, 0.1) is 16.7 Å². The molecular formula is C9H13F2NO. The van der Waals surface area contributed by atoms with Crippen LogP contribution in [0.3, 0.4) is 0 Å². The highest BCUT2D eigenvalue weighted by molar-refractivity contribution is 5.11. The molecule has 0 aromatic heterocycles. The van der Waals surface area contributed by atoms with Crippen molar-refractivity contribution >= 4 is 0 Å². The first-order valence-corrected chi connectivity index (χ1v) is 4.30. The van der Waals surface area contributed by atoms with Crippen molar-refractivity contribution in [1.82, 2.24) is 0 Å². The number of halogens is 2. The van der Waals surface area contributed by atoms with E-state index in [1.165, 1.54) is 0 Å². The second-order valence-corrected chi connectivity index (χ2v) is 3.96. The maximum atomic E-state index is 12.5. The van der Waals surface area contributed by atoms with Crippen LogP contribution in [0.4, 0.5) is 8.78 Å². The highest BCUT2D eigenvalue weighted by atomic mass is 19.3. The second-order valence-electron chi connectivity index (χ2n) is 3.96. The zero-order chi connectivity index (χ0) is 10.1. The Kier molecular flexibility index (Phi) is 2.58. The molecule has 2 nitrogen and oxygen atoms in total. The Hall–Kier alpha value is -0.690. The largest absolute Gasteiger partial charge is 0.377 e. The van der Waals surface area contributed by atoms with Crippen molar-refractivity contribution in [3.8, 4) is 6.07 Å². The topological polar surface area (TPSA) is 33.0 Å². The first-order valence-electron chi connectivity index (χ1n) is 4.30. The molecule has 0 amide bonds. The van der Waals surface area contributed by atoms with Crippen molar-refractivity contribution in [3.63, 3.8) is 0 Å². The lowest BCUT2D eigenvalue weighted by atomic mass is 9.67. The summed E-state index contributed by atoms with van der Waals surface area (Å²) in [6.07, 6.45) is -0.730. The summed E-state index contributed by atoms with van der Waals surface area (Å²) in [5.41, 5.74) is -0.937. The Balaban J connectivity index is 2.43. The summed E-state index contributed by atoms with van der Waals surface area (Å²) in [4.78, 5) is 0. The minimum atomic E-state index is -2.66. The predicted molar refractivity (Wildman–Crippen MR) is 43.3 cm³/mol. The van der Waals surface area contributed by atoms with Crippen LogP contribution < -0.4 is 0 Å². The van der Waals surface area contributed by atoms with Gasteiger partial charge < -0.3 is 4.74 Å². The first kappa shape index (κ1) is 10.4. The monoisotopic (exact) mass is 189 g/mol. The van der Waals surface area contributed by atoms with Crippen LogP contribution in [0.15, 0.2) is 0 Å². The van der Waals surface area contributed by atoms with Gasteiger partial charge in [0.2, 0.25) is 0 Å². The minimum absolute atomic E-state index is 0.0144. The Morgan fingerprint density at radius 1 is 1.46 bits per heavy atom. The molecule has 0 bridgehead atoms. The molecule has 0 N–H and O–H groups in total. The van der Waals surface area contributed by atoms with Crippen molar-refractivity contribution in [2.24, 2.45) is 5.41 Å². The van der Waals surface area contributed by atoms with Crippen molar-refractivity contribution in [3.05, 3.63) is 0 Å². The number of nitriles is 1. The quantitative estimate of drug-likeness (QED) is 0.682. The molecule has 1 aliphatic rings. The lowest BCUT2D eigenvalue weighted by Gasteiger charge is -2.42. The van der Waals surface area contributed by atoms with Gasteiger partial charge in [-0.1, -0.05) is 0 Å². The van der Waals surface area contributed by atoms with Crippen LogP contribution in [0.2, 0.25) is 0 Å². The smallest absolute Gasteiger partial charge is 0.251 e. The van der Waals surface area contributed by atoms with E-state index in [1.807, 2.05) is 19.9 Å². The summed E-state index contributed by atoms with van der Waals surface area (Å²) in [6.45, 7) is 3.76. The maximum Gasteiger partial charge on any atom is 0.251 e. The van der Waals surface area contributed by atoms with Gasteiger partial charge in [0.1, 0.15) is 0 Å². The van der Waals surface area contributed by atoms with Gasteiger partial charge in [0.25, 0.3) is 5.92 Å². The number of nitrogens with zero attached hydrogens (tertiary/aromatic N) is 1. The molecule has 1 rings (SSSR count). The van der Waals surface area contributed by atoms with Gasteiger partial charge in [0.05, 0.1) is 24.2 Å². The Morgan fingerprint density at radius 3 is 2.31 bits per heavy atom. The van der Waals surface area contributed by atoms with E-state index in [9.17, 15) is 8.78 Å². The maximum absolute atomic E-state index is 12.5. The van der Waals surface area contributed by atoms with Gasteiger partial charge >= 0.3 is 0 Å². The number of rotatable bonds is 3. The Bertz CT molecular complexity index is 224. The van der Waals surface area contributed by atoms with E-state index in [2.05, 4.69) is 0 Å². The fraction of sp³-hybridized carbons (Fsp3) is 0.889. The second kappa shape index (κ2) is 3.22. The molecule has 0 heterocycles. The summed E-state index contributed by atoms with van der Waals surface area (Å²) in [5.74, 6) is -2.66. The molecule has 1 aliphatic carbocycles. The van der Waals surface area contributed by atoms with Crippen LogP contribution in [-0.2, 0) is 4.74 Å². The van der Waals surface area contributed by atoms with Gasteiger partial charge in [-0.05, 0) is 13.8 Å². The Morgan fingerprint density at radius 2 is 2.00 bits per heavy atom. The Labute approximate surface area is 76.5 Å². The summed E-state index contributed by atoms with van der Waals surface area (Å²) in [5, 5.41) is 8.72. The zero-order valence-electron chi connectivity index (χ0n) is 7.81. The number of hydrogen-bond donors (Lipinski definition) is 0. The number of hydrogen-bond acceptors (Lipinski definition) is 2. The average molecular weight is 189 g/mol. The van der Waals surface area contributed by atoms with Crippen LogP contribution in [0.1, 0.15) is 26.7 Å². The molecule has 0 atom stereocenters. The van der Waals surface area contributed by atoms with Crippen LogP contribution in [-0.4, -0.2) is 18.6 Å². The molecular weight excluding hydrogens is 176 g/mol. The third-order valence-electron chi connectivity index (χ3n) is 2.12. The molecule has 0 saturated heterocycles. The summed E-state index contributed by atoms with van der Waals surface area (Å²) >= 11 is 0. The van der Waals surface area contributed by atoms with E-state index in [0.717, 1.165) is 0 Å². The highest BCUT2D eigenvalue weighted by Gasteiger charge is 2.57. The minimum Gasteiger partial charge on any atom is -0.377 e. The van der Waals surface area contributed by atoms with Gasteiger partial charge in [-0.2, -0.15) is 5.26 Å². The molecule has 0 aromatic rings. The van der Waals surface area contributed by atoms with Crippen LogP contribution in [0.25, 0.3) is 0 Å². The summed E-state index contributed by atoms with van der Waals surface area (Å²) < 4.78 is 30.3. The summed E-state index contributed by atoms with van der Waals surface area (Å²) in [7, 11) is 0. The van der Waals surface area contributed by atoms with Crippen molar-refractivity contribution < 1.29 is 13.5 Å². The van der Waals surface area contributed by atoms with Gasteiger partial charge in [0.15, 0.2) is 0 Å². The lowest BCUT2D eigenvalue weighted by Crippen LogP contribution is -2.48. The third-order valence-corrected chi connectivity index (χ3v) is 2.12. The van der Waals surface area contributed by atoms with Crippen molar-refractivity contribution in [1.29, 1.82) is 5.26 Å². The molecule has 4 heteroatoms. The third kappa shape index (κ3) is 2.38. The summed E-state index contributed by atoms with van der Waals surface area (Å²) in [6, 6.07) is 1.92.